The Morgan fingerprint density at radius 2 is 0.940 bits per heavy atom. The minimum atomic E-state index is -0.521. The molecule has 2 aliphatic carbocycles. The molecule has 1 heteroatoms. The number of para-hydroxylation sites is 1. The Bertz CT molecular complexity index is 3430. The molecular weight excluding hydrogens is 807 g/mol. The van der Waals surface area contributed by atoms with Gasteiger partial charge in [0.05, 0.1) is 16.8 Å². The summed E-state index contributed by atoms with van der Waals surface area (Å²) in [6, 6.07) is 91.7. The molecule has 67 heavy (non-hydrogen) atoms. The van der Waals surface area contributed by atoms with Crippen LogP contribution < -0.4 is 4.90 Å². The molecule has 1 unspecified atom stereocenters. The molecule has 0 radical (unpaired) electrons. The van der Waals surface area contributed by atoms with Gasteiger partial charge in [0.25, 0.3) is 0 Å². The second kappa shape index (κ2) is 16.9. The highest BCUT2D eigenvalue weighted by Crippen LogP contribution is 2.60. The molecule has 0 fully saturated rings. The first-order valence-corrected chi connectivity index (χ1v) is 23.6. The number of hydrogen-bond acceptors (Lipinski definition) is 1. The molecule has 318 valence electrons. The second-order valence-electron chi connectivity index (χ2n) is 18.0. The zero-order valence-electron chi connectivity index (χ0n) is 37.6. The van der Waals surface area contributed by atoms with Gasteiger partial charge in [-0.05, 0) is 120 Å². The fraction of sp³-hybridized carbons (Fsp3) is 0.0606. The van der Waals surface area contributed by atoms with Crippen molar-refractivity contribution in [1.82, 2.24) is 0 Å². The summed E-state index contributed by atoms with van der Waals surface area (Å²) in [5.41, 5.74) is 20.4. The zero-order valence-corrected chi connectivity index (χ0v) is 37.6. The fourth-order valence-electron chi connectivity index (χ4n) is 11.0. The van der Waals surface area contributed by atoms with E-state index in [0.717, 1.165) is 23.5 Å². The van der Waals surface area contributed by atoms with Gasteiger partial charge in [-0.1, -0.05) is 237 Å². The number of benzene rings is 10. The van der Waals surface area contributed by atoms with Crippen molar-refractivity contribution in [3.63, 3.8) is 0 Å². The maximum atomic E-state index is 2.52. The van der Waals surface area contributed by atoms with Gasteiger partial charge in [0.1, 0.15) is 0 Å². The molecule has 0 saturated carbocycles. The molecule has 2 aliphatic rings. The summed E-state index contributed by atoms with van der Waals surface area (Å²) in [5, 5.41) is 2.54. The molecular formula is C66H49N. The van der Waals surface area contributed by atoms with Gasteiger partial charge in [-0.15, -0.1) is 0 Å². The fourth-order valence-corrected chi connectivity index (χ4v) is 11.0. The van der Waals surface area contributed by atoms with Crippen LogP contribution in [0.15, 0.2) is 261 Å². The van der Waals surface area contributed by atoms with Crippen LogP contribution in [0.5, 0.6) is 0 Å². The van der Waals surface area contributed by atoms with Gasteiger partial charge < -0.3 is 4.90 Å². The number of allylic oxidation sites excluding steroid dienone is 4. The van der Waals surface area contributed by atoms with E-state index >= 15 is 0 Å². The number of fused-ring (bicyclic) bond motifs is 4. The molecule has 10 aromatic rings. The smallest absolute Gasteiger partial charge is 0.0714 e. The third-order valence-corrected chi connectivity index (χ3v) is 14.2. The predicted molar refractivity (Wildman–Crippen MR) is 283 cm³/mol. The topological polar surface area (TPSA) is 3.24 Å². The second-order valence-corrected chi connectivity index (χ2v) is 18.0. The lowest BCUT2D eigenvalue weighted by Crippen LogP contribution is -2.28. The summed E-state index contributed by atoms with van der Waals surface area (Å²) < 4.78 is 0. The molecule has 0 aromatic heterocycles. The van der Waals surface area contributed by atoms with Crippen LogP contribution in [-0.4, -0.2) is 0 Å². The van der Waals surface area contributed by atoms with Gasteiger partial charge in [-0.3, -0.25) is 0 Å². The number of hydrogen-bond donors (Lipinski definition) is 0. The molecule has 1 atom stereocenters. The van der Waals surface area contributed by atoms with Crippen molar-refractivity contribution in [3.8, 4) is 33.4 Å². The van der Waals surface area contributed by atoms with Crippen LogP contribution >= 0.6 is 0 Å². The van der Waals surface area contributed by atoms with Crippen LogP contribution in [0.25, 0.3) is 55.3 Å². The molecule has 10 aromatic carbocycles. The summed E-state index contributed by atoms with van der Waals surface area (Å²) in [7, 11) is 0. The molecule has 1 nitrogen and oxygen atoms in total. The van der Waals surface area contributed by atoms with Gasteiger partial charge in [0, 0.05) is 16.8 Å². The number of anilines is 3. The van der Waals surface area contributed by atoms with E-state index in [1.165, 1.54) is 88.7 Å². The Labute approximate surface area is 394 Å². The highest BCUT2D eigenvalue weighted by atomic mass is 15.1. The average Bonchev–Trinajstić information content (AvgIpc) is 3.71. The Hall–Kier alpha value is -8.26. The molecule has 0 N–H and O–H groups in total. The van der Waals surface area contributed by atoms with Crippen molar-refractivity contribution in [3.05, 3.63) is 294 Å². The van der Waals surface area contributed by atoms with Crippen molar-refractivity contribution in [2.24, 2.45) is 5.92 Å². The third kappa shape index (κ3) is 6.94. The van der Waals surface area contributed by atoms with Gasteiger partial charge in [0.2, 0.25) is 0 Å². The summed E-state index contributed by atoms with van der Waals surface area (Å²) in [5.74, 6) is 0.392. The lowest BCUT2D eigenvalue weighted by atomic mass is 9.68. The Kier molecular flexibility index (Phi) is 10.2. The standard InChI is InChI=1S/C66H49N/c1-46-32-33-54(53-39-36-48-20-11-12-21-52(48)44-53)45-60(46)51-40-42-57(43-41-51)67(63-30-16-14-26-58(63)50-37-34-49(35-38-50)47-18-5-2-6-19-47)64-31-17-29-62-65(64)59-27-13-15-28-61(59)66(62,55-22-7-3-8-23-55)56-24-9-4-10-25-56/h2-31,33-46H,32H2,1H3. The predicted octanol–water partition coefficient (Wildman–Crippen LogP) is 17.5. The molecule has 0 aliphatic heterocycles. The lowest BCUT2D eigenvalue weighted by Gasteiger charge is -2.34. The van der Waals surface area contributed by atoms with Crippen molar-refractivity contribution < 1.29 is 0 Å². The lowest BCUT2D eigenvalue weighted by molar-refractivity contribution is 0.761. The minimum absolute atomic E-state index is 0.392. The molecule has 0 saturated heterocycles. The largest absolute Gasteiger partial charge is 0.309 e. The van der Waals surface area contributed by atoms with Crippen LogP contribution in [0.1, 0.15) is 46.7 Å². The number of nitrogens with zero attached hydrogens (tertiary/aromatic N) is 1. The quantitative estimate of drug-likeness (QED) is 0.140. The highest BCUT2D eigenvalue weighted by Gasteiger charge is 2.47. The SMILES string of the molecule is CC1CC=C(c2ccc3ccccc3c2)C=C1c1ccc(N(c2ccccc2-c2ccc(-c3ccccc3)cc2)c2cccc3c2-c2ccccc2C3(c2ccccc2)c2ccccc2)cc1. The van der Waals surface area contributed by atoms with E-state index in [4.69, 9.17) is 0 Å². The minimum Gasteiger partial charge on any atom is -0.309 e. The monoisotopic (exact) mass is 855 g/mol. The Morgan fingerprint density at radius 3 is 1.67 bits per heavy atom. The van der Waals surface area contributed by atoms with E-state index < -0.39 is 5.41 Å². The summed E-state index contributed by atoms with van der Waals surface area (Å²) in [4.78, 5) is 2.52. The first kappa shape index (κ1) is 40.3. The molecule has 12 rings (SSSR count). The van der Waals surface area contributed by atoms with Gasteiger partial charge in [0.15, 0.2) is 0 Å². The first-order chi connectivity index (χ1) is 33.1. The van der Waals surface area contributed by atoms with Gasteiger partial charge >= 0.3 is 0 Å². The van der Waals surface area contributed by atoms with Crippen molar-refractivity contribution in [2.75, 3.05) is 4.90 Å². The zero-order chi connectivity index (χ0) is 44.7. The van der Waals surface area contributed by atoms with E-state index in [1.54, 1.807) is 0 Å². The molecule has 0 heterocycles. The van der Waals surface area contributed by atoms with Gasteiger partial charge in [-0.2, -0.15) is 0 Å². The highest BCUT2D eigenvalue weighted by molar-refractivity contribution is 6.00. The first-order valence-electron chi connectivity index (χ1n) is 23.6. The van der Waals surface area contributed by atoms with Crippen LogP contribution in [0.2, 0.25) is 0 Å². The Balaban J connectivity index is 1.04. The molecule has 0 bridgehead atoms. The van der Waals surface area contributed by atoms with Crippen LogP contribution in [0.3, 0.4) is 0 Å². The summed E-state index contributed by atoms with van der Waals surface area (Å²) in [6.07, 6.45) is 5.84. The Morgan fingerprint density at radius 1 is 0.403 bits per heavy atom. The van der Waals surface area contributed by atoms with Gasteiger partial charge in [-0.25, -0.2) is 0 Å². The van der Waals surface area contributed by atoms with Crippen LogP contribution in [0, 0.1) is 5.92 Å². The average molecular weight is 856 g/mol. The summed E-state index contributed by atoms with van der Waals surface area (Å²) in [6.45, 7) is 2.36. The van der Waals surface area contributed by atoms with Crippen LogP contribution in [-0.2, 0) is 5.41 Å². The molecule has 0 amide bonds. The van der Waals surface area contributed by atoms with Crippen molar-refractivity contribution >= 4 is 39.0 Å². The van der Waals surface area contributed by atoms with E-state index in [1.807, 2.05) is 0 Å². The molecule has 0 spiro atoms. The van der Waals surface area contributed by atoms with Crippen molar-refractivity contribution in [2.45, 2.75) is 18.8 Å². The third-order valence-electron chi connectivity index (χ3n) is 14.2. The normalized spacial score (nSPS) is 14.7. The van der Waals surface area contributed by atoms with E-state index in [-0.39, 0.29) is 0 Å². The number of rotatable bonds is 9. The summed E-state index contributed by atoms with van der Waals surface area (Å²) >= 11 is 0. The maximum absolute atomic E-state index is 2.52. The van der Waals surface area contributed by atoms with Crippen LogP contribution in [0.4, 0.5) is 17.1 Å². The maximum Gasteiger partial charge on any atom is 0.0714 e. The van der Waals surface area contributed by atoms with E-state index in [0.29, 0.717) is 5.92 Å². The van der Waals surface area contributed by atoms with E-state index in [2.05, 4.69) is 273 Å². The van der Waals surface area contributed by atoms with Crippen molar-refractivity contribution in [1.29, 1.82) is 0 Å². The van der Waals surface area contributed by atoms with E-state index in [9.17, 15) is 0 Å².